The van der Waals surface area contributed by atoms with Crippen LogP contribution in [0.15, 0.2) is 53.6 Å². The zero-order valence-corrected chi connectivity index (χ0v) is 23.9. The maximum Gasteiger partial charge on any atom is 0.281 e. The number of pyridine rings is 2. The highest BCUT2D eigenvalue weighted by Gasteiger charge is 2.37. The van der Waals surface area contributed by atoms with E-state index in [-0.39, 0.29) is 22.5 Å². The van der Waals surface area contributed by atoms with E-state index in [0.717, 1.165) is 32.1 Å². The van der Waals surface area contributed by atoms with Gasteiger partial charge in [0.25, 0.3) is 15.9 Å². The van der Waals surface area contributed by atoms with Gasteiger partial charge in [-0.1, -0.05) is 26.3 Å². The molecule has 1 amide bonds. The van der Waals surface area contributed by atoms with Gasteiger partial charge in [-0.2, -0.15) is 8.42 Å². The van der Waals surface area contributed by atoms with Crippen LogP contribution in [0.25, 0.3) is 11.3 Å². The molecule has 3 heterocycles. The first-order valence-corrected chi connectivity index (χ1v) is 15.3. The number of benzene rings is 1. The third kappa shape index (κ3) is 6.11. The number of halogens is 1. The molecule has 1 aromatic carbocycles. The number of hydrogen-bond acceptors (Lipinski definition) is 7. The highest BCUT2D eigenvalue weighted by molar-refractivity contribution is 7.90. The minimum atomic E-state index is -4.21. The predicted molar refractivity (Wildman–Crippen MR) is 151 cm³/mol. The molecule has 5 rings (SSSR count). The SMILES string of the molecule is Cc1cccc(S(=O)(=O)NC(=O)c2ccc(-c3cc(F)cc(OCC(C)C)c3)nc2N2CCCC3CCCC32)n1. The first kappa shape index (κ1) is 28.0. The van der Waals surface area contributed by atoms with Gasteiger partial charge in [0.05, 0.1) is 17.9 Å². The summed E-state index contributed by atoms with van der Waals surface area (Å²) >= 11 is 0. The molecule has 1 aliphatic heterocycles. The zero-order valence-electron chi connectivity index (χ0n) is 23.1. The number of nitrogens with one attached hydrogen (secondary N) is 1. The molecule has 0 spiro atoms. The predicted octanol–water partition coefficient (Wildman–Crippen LogP) is 5.51. The minimum Gasteiger partial charge on any atom is -0.493 e. The molecule has 1 aliphatic carbocycles. The lowest BCUT2D eigenvalue weighted by Gasteiger charge is -2.39. The summed E-state index contributed by atoms with van der Waals surface area (Å²) in [5.41, 5.74) is 1.67. The van der Waals surface area contributed by atoms with Crippen molar-refractivity contribution in [3.8, 4) is 17.0 Å². The van der Waals surface area contributed by atoms with Crippen molar-refractivity contribution in [1.82, 2.24) is 14.7 Å². The van der Waals surface area contributed by atoms with Gasteiger partial charge >= 0.3 is 0 Å². The number of piperidine rings is 1. The number of fused-ring (bicyclic) bond motifs is 1. The van der Waals surface area contributed by atoms with Crippen molar-refractivity contribution in [2.24, 2.45) is 11.8 Å². The monoisotopic (exact) mass is 566 g/mol. The van der Waals surface area contributed by atoms with E-state index < -0.39 is 21.7 Å². The Morgan fingerprint density at radius 2 is 1.90 bits per heavy atom. The van der Waals surface area contributed by atoms with Crippen LogP contribution in [-0.4, -0.2) is 43.5 Å². The highest BCUT2D eigenvalue weighted by Crippen LogP contribution is 2.40. The van der Waals surface area contributed by atoms with E-state index in [1.54, 1.807) is 37.3 Å². The third-order valence-corrected chi connectivity index (χ3v) is 8.73. The van der Waals surface area contributed by atoms with Crippen LogP contribution in [-0.2, 0) is 10.0 Å². The summed E-state index contributed by atoms with van der Waals surface area (Å²) in [7, 11) is -4.21. The molecule has 8 nitrogen and oxygen atoms in total. The van der Waals surface area contributed by atoms with Crippen LogP contribution in [0.5, 0.6) is 5.75 Å². The maximum atomic E-state index is 14.6. The minimum absolute atomic E-state index is 0.153. The van der Waals surface area contributed by atoms with Gasteiger partial charge < -0.3 is 9.64 Å². The van der Waals surface area contributed by atoms with Crippen LogP contribution >= 0.6 is 0 Å². The standard InChI is InChI=1S/C30H35FN4O4S/c1-19(2)18-39-24-16-22(15-23(31)17-24)26-13-12-25(29(33-26)35-14-6-9-21-8-5-10-27(21)35)30(36)34-40(37,38)28-11-4-7-20(3)32-28/h4,7,11-13,15-17,19,21,27H,5-6,8-10,14,18H2,1-3H3,(H,34,36). The topological polar surface area (TPSA) is 101 Å². The molecule has 0 radical (unpaired) electrons. The van der Waals surface area contributed by atoms with Crippen molar-refractivity contribution in [1.29, 1.82) is 0 Å². The summed E-state index contributed by atoms with van der Waals surface area (Å²) in [5, 5.41) is -0.227. The van der Waals surface area contributed by atoms with E-state index in [1.807, 2.05) is 13.8 Å². The normalized spacial score (nSPS) is 19.0. The molecule has 1 N–H and O–H groups in total. The molecule has 2 aliphatic rings. The Morgan fingerprint density at radius 1 is 1.10 bits per heavy atom. The number of rotatable bonds is 8. The van der Waals surface area contributed by atoms with Crippen molar-refractivity contribution in [2.45, 2.75) is 63.9 Å². The van der Waals surface area contributed by atoms with Gasteiger partial charge in [0, 0.05) is 29.9 Å². The average Bonchev–Trinajstić information content (AvgIpc) is 3.40. The van der Waals surface area contributed by atoms with Gasteiger partial charge in [-0.3, -0.25) is 4.79 Å². The Morgan fingerprint density at radius 3 is 2.67 bits per heavy atom. The summed E-state index contributed by atoms with van der Waals surface area (Å²) in [4.78, 5) is 24.6. The van der Waals surface area contributed by atoms with Crippen molar-refractivity contribution >= 4 is 21.7 Å². The first-order valence-electron chi connectivity index (χ1n) is 13.8. The van der Waals surface area contributed by atoms with Gasteiger partial charge in [-0.05, 0) is 80.8 Å². The van der Waals surface area contributed by atoms with Crippen molar-refractivity contribution in [2.75, 3.05) is 18.1 Å². The Kier molecular flexibility index (Phi) is 8.07. The van der Waals surface area contributed by atoms with Crippen molar-refractivity contribution in [3.05, 3.63) is 65.6 Å². The summed E-state index contributed by atoms with van der Waals surface area (Å²) < 4.78 is 48.6. The van der Waals surface area contributed by atoms with Gasteiger partial charge in [0.2, 0.25) is 0 Å². The largest absolute Gasteiger partial charge is 0.493 e. The van der Waals surface area contributed by atoms with Gasteiger partial charge in [0.15, 0.2) is 5.03 Å². The number of amides is 1. The van der Waals surface area contributed by atoms with Crippen molar-refractivity contribution in [3.63, 3.8) is 0 Å². The van der Waals surface area contributed by atoms with Crippen LogP contribution < -0.4 is 14.4 Å². The lowest BCUT2D eigenvalue weighted by atomic mass is 9.91. The number of hydrogen-bond donors (Lipinski definition) is 1. The number of aryl methyl sites for hydroxylation is 1. The lowest BCUT2D eigenvalue weighted by molar-refractivity contribution is 0.0981. The van der Waals surface area contributed by atoms with E-state index in [9.17, 15) is 17.6 Å². The number of ether oxygens (including phenoxy) is 1. The summed E-state index contributed by atoms with van der Waals surface area (Å²) in [6, 6.07) is 12.5. The van der Waals surface area contributed by atoms with Crippen LogP contribution in [0.4, 0.5) is 10.2 Å². The van der Waals surface area contributed by atoms with Crippen LogP contribution in [0.2, 0.25) is 0 Å². The molecule has 0 bridgehead atoms. The molecule has 10 heteroatoms. The second-order valence-electron chi connectivity index (χ2n) is 11.1. The fourth-order valence-corrected chi connectivity index (χ4v) is 6.66. The molecule has 212 valence electrons. The van der Waals surface area contributed by atoms with E-state index >= 15 is 0 Å². The summed E-state index contributed by atoms with van der Waals surface area (Å²) in [5.74, 6) is 0.358. The van der Waals surface area contributed by atoms with Gasteiger partial charge in [0.1, 0.15) is 17.4 Å². The summed E-state index contributed by atoms with van der Waals surface area (Å²) in [6.45, 7) is 6.86. The zero-order chi connectivity index (χ0) is 28.4. The number of nitrogens with zero attached hydrogens (tertiary/aromatic N) is 3. The molecule has 1 saturated carbocycles. The van der Waals surface area contributed by atoms with Crippen LogP contribution in [0.3, 0.4) is 0 Å². The quantitative estimate of drug-likeness (QED) is 0.383. The van der Waals surface area contributed by atoms with E-state index in [2.05, 4.69) is 14.6 Å². The van der Waals surface area contributed by atoms with Crippen LogP contribution in [0, 0.1) is 24.6 Å². The lowest BCUT2D eigenvalue weighted by Crippen LogP contribution is -2.44. The molecule has 40 heavy (non-hydrogen) atoms. The Labute approximate surface area is 235 Å². The smallest absolute Gasteiger partial charge is 0.281 e. The first-order chi connectivity index (χ1) is 19.1. The molecule has 2 aromatic heterocycles. The van der Waals surface area contributed by atoms with Crippen LogP contribution in [0.1, 0.15) is 62.0 Å². The molecule has 3 aromatic rings. The highest BCUT2D eigenvalue weighted by atomic mass is 32.2. The van der Waals surface area contributed by atoms with E-state index in [1.165, 1.54) is 18.2 Å². The number of carbonyl (C=O) groups excluding carboxylic acids is 1. The second-order valence-corrected chi connectivity index (χ2v) is 12.7. The fourth-order valence-electron chi connectivity index (χ4n) is 5.68. The van der Waals surface area contributed by atoms with Crippen molar-refractivity contribution < 1.29 is 22.3 Å². The molecule has 1 saturated heterocycles. The van der Waals surface area contributed by atoms with Gasteiger partial charge in [-0.25, -0.2) is 19.1 Å². The molecule has 2 unspecified atom stereocenters. The molecule has 2 fully saturated rings. The Hall–Kier alpha value is -3.53. The number of sulfonamides is 1. The molecular weight excluding hydrogens is 531 g/mol. The van der Waals surface area contributed by atoms with E-state index in [4.69, 9.17) is 9.72 Å². The molecular formula is C30H35FN4O4S. The number of aromatic nitrogens is 2. The Bertz CT molecular complexity index is 1510. The second kappa shape index (κ2) is 11.5. The third-order valence-electron chi connectivity index (χ3n) is 7.50. The fraction of sp³-hybridized carbons (Fsp3) is 0.433. The average molecular weight is 567 g/mol. The summed E-state index contributed by atoms with van der Waals surface area (Å²) in [6.07, 6.45) is 5.27. The van der Waals surface area contributed by atoms with E-state index in [0.29, 0.717) is 47.6 Å². The Balaban J connectivity index is 1.54. The maximum absolute atomic E-state index is 14.6. The molecule has 2 atom stereocenters. The number of anilines is 1. The number of carbonyl (C=O) groups is 1. The van der Waals surface area contributed by atoms with Gasteiger partial charge in [-0.15, -0.1) is 0 Å².